The molecule has 1 fully saturated rings. The number of rotatable bonds is 1. The van der Waals surface area contributed by atoms with Gasteiger partial charge in [0.2, 0.25) is 0 Å². The van der Waals surface area contributed by atoms with Crippen LogP contribution in [-0.4, -0.2) is 12.7 Å². The minimum atomic E-state index is -0.539. The first-order valence-corrected chi connectivity index (χ1v) is 4.60. The first-order chi connectivity index (χ1) is 6.10. The monoisotopic (exact) mass is 245 g/mol. The lowest BCUT2D eigenvalue weighted by atomic mass is 10.0. The summed E-state index contributed by atoms with van der Waals surface area (Å²) in [6, 6.07) is 3.59. The van der Waals surface area contributed by atoms with Crippen molar-refractivity contribution >= 4 is 22.0 Å². The number of hydrogen-bond acceptors (Lipinski definition) is 3. The first-order valence-electron chi connectivity index (χ1n) is 3.81. The molecule has 5 heteroatoms. The number of ether oxygens (including phenoxy) is 1. The number of carbonyl (C=O) groups is 1. The van der Waals surface area contributed by atoms with Crippen molar-refractivity contribution in [1.29, 1.82) is 0 Å². The van der Waals surface area contributed by atoms with Gasteiger partial charge in [-0.2, -0.15) is 0 Å². The molecule has 0 aromatic carbocycles. The zero-order valence-electron chi connectivity index (χ0n) is 6.96. The Morgan fingerprint density at radius 1 is 1.62 bits per heavy atom. The molecule has 1 amide bonds. The van der Waals surface area contributed by atoms with E-state index in [4.69, 9.17) is 9.15 Å². The maximum absolute atomic E-state index is 10.9. The Morgan fingerprint density at radius 3 is 2.85 bits per heavy atom. The number of carbonyl (C=O) groups excluding carboxylic acids is 1. The summed E-state index contributed by atoms with van der Waals surface area (Å²) >= 11 is 3.20. The highest BCUT2D eigenvalue weighted by molar-refractivity contribution is 9.10. The van der Waals surface area contributed by atoms with Gasteiger partial charge in [-0.3, -0.25) is 0 Å². The second-order valence-corrected chi connectivity index (χ2v) is 3.92. The molecule has 1 N–H and O–H groups in total. The van der Waals surface area contributed by atoms with E-state index in [1.807, 2.05) is 6.92 Å². The van der Waals surface area contributed by atoms with Crippen LogP contribution in [0, 0.1) is 0 Å². The summed E-state index contributed by atoms with van der Waals surface area (Å²) in [6.45, 7) is 2.15. The van der Waals surface area contributed by atoms with Crippen molar-refractivity contribution in [2.75, 3.05) is 6.61 Å². The van der Waals surface area contributed by atoms with Gasteiger partial charge in [0.15, 0.2) is 4.67 Å². The molecular weight excluding hydrogens is 238 g/mol. The van der Waals surface area contributed by atoms with Crippen LogP contribution in [0.3, 0.4) is 0 Å². The topological polar surface area (TPSA) is 51.5 Å². The molecule has 1 atom stereocenters. The van der Waals surface area contributed by atoms with Gasteiger partial charge in [0.1, 0.15) is 17.9 Å². The predicted octanol–water partition coefficient (Wildman–Crippen LogP) is 2.00. The summed E-state index contributed by atoms with van der Waals surface area (Å²) in [4.78, 5) is 10.9. The molecule has 0 aliphatic carbocycles. The van der Waals surface area contributed by atoms with Crippen molar-refractivity contribution in [2.24, 2.45) is 0 Å². The standard InChI is InChI=1S/C8H8BrNO3/c1-8(4-12-7(11)10-8)5-2-3-6(9)13-5/h2-3H,4H2,1H3,(H,10,11). The van der Waals surface area contributed by atoms with Crippen LogP contribution in [0.15, 0.2) is 21.2 Å². The summed E-state index contributed by atoms with van der Waals surface area (Å²) in [6.07, 6.45) is -0.407. The zero-order valence-corrected chi connectivity index (χ0v) is 8.55. The third-order valence-corrected chi connectivity index (χ3v) is 2.41. The number of halogens is 1. The van der Waals surface area contributed by atoms with E-state index in [-0.39, 0.29) is 0 Å². The van der Waals surface area contributed by atoms with Crippen LogP contribution < -0.4 is 5.32 Å². The molecule has 1 aromatic rings. The van der Waals surface area contributed by atoms with Crippen LogP contribution in [0.5, 0.6) is 0 Å². The lowest BCUT2D eigenvalue weighted by Gasteiger charge is -2.17. The summed E-state index contributed by atoms with van der Waals surface area (Å²) < 4.78 is 10.8. The Labute approximate surface area is 83.4 Å². The van der Waals surface area contributed by atoms with Crippen LogP contribution in [0.1, 0.15) is 12.7 Å². The van der Waals surface area contributed by atoms with Gasteiger partial charge in [0.05, 0.1) is 0 Å². The molecule has 0 spiro atoms. The third kappa shape index (κ3) is 1.44. The minimum absolute atomic E-state index is 0.297. The SMILES string of the molecule is CC1(c2ccc(Br)o2)COC(=O)N1. The Morgan fingerprint density at radius 2 is 2.38 bits per heavy atom. The van der Waals surface area contributed by atoms with Gasteiger partial charge in [0.25, 0.3) is 0 Å². The summed E-state index contributed by atoms with van der Waals surface area (Å²) in [5.74, 6) is 0.685. The average Bonchev–Trinajstić information content (AvgIpc) is 2.60. The maximum Gasteiger partial charge on any atom is 0.408 e. The summed E-state index contributed by atoms with van der Waals surface area (Å²) in [5.41, 5.74) is -0.539. The smallest absolute Gasteiger partial charge is 0.408 e. The van der Waals surface area contributed by atoms with Gasteiger partial charge in [-0.25, -0.2) is 4.79 Å². The van der Waals surface area contributed by atoms with E-state index in [9.17, 15) is 4.79 Å². The Hall–Kier alpha value is -0.970. The lowest BCUT2D eigenvalue weighted by Crippen LogP contribution is -2.36. The molecule has 1 saturated heterocycles. The number of hydrogen-bond donors (Lipinski definition) is 1. The Balaban J connectivity index is 2.30. The van der Waals surface area contributed by atoms with Gasteiger partial charge >= 0.3 is 6.09 Å². The van der Waals surface area contributed by atoms with Crippen LogP contribution >= 0.6 is 15.9 Å². The molecule has 1 aliphatic rings. The van der Waals surface area contributed by atoms with Crippen LogP contribution in [0.4, 0.5) is 4.79 Å². The van der Waals surface area contributed by atoms with Gasteiger partial charge in [-0.1, -0.05) is 0 Å². The van der Waals surface area contributed by atoms with E-state index in [0.29, 0.717) is 17.0 Å². The molecule has 70 valence electrons. The second-order valence-electron chi connectivity index (χ2n) is 3.14. The molecule has 13 heavy (non-hydrogen) atoms. The van der Waals surface area contributed by atoms with Gasteiger partial charge in [-0.05, 0) is 35.0 Å². The number of cyclic esters (lactones) is 1. The van der Waals surface area contributed by atoms with E-state index in [1.54, 1.807) is 12.1 Å². The van der Waals surface area contributed by atoms with Crippen LogP contribution in [-0.2, 0) is 10.3 Å². The number of alkyl carbamates (subject to hydrolysis) is 1. The predicted molar refractivity (Wildman–Crippen MR) is 48.2 cm³/mol. The van der Waals surface area contributed by atoms with Gasteiger partial charge < -0.3 is 14.5 Å². The molecule has 0 radical (unpaired) electrons. The molecule has 1 unspecified atom stereocenters. The highest BCUT2D eigenvalue weighted by Gasteiger charge is 2.39. The first kappa shape index (κ1) is 8.62. The zero-order chi connectivity index (χ0) is 9.47. The fourth-order valence-electron chi connectivity index (χ4n) is 1.25. The Kier molecular flexibility index (Phi) is 1.83. The van der Waals surface area contributed by atoms with Crippen molar-refractivity contribution in [1.82, 2.24) is 5.32 Å². The summed E-state index contributed by atoms with van der Waals surface area (Å²) in [5, 5.41) is 2.68. The number of amides is 1. The maximum atomic E-state index is 10.9. The minimum Gasteiger partial charge on any atom is -0.452 e. The van der Waals surface area contributed by atoms with E-state index >= 15 is 0 Å². The molecule has 1 aliphatic heterocycles. The molecule has 1 aromatic heterocycles. The van der Waals surface area contributed by atoms with Gasteiger partial charge in [-0.15, -0.1) is 0 Å². The van der Waals surface area contributed by atoms with Crippen molar-refractivity contribution in [2.45, 2.75) is 12.5 Å². The van der Waals surface area contributed by atoms with E-state index in [1.165, 1.54) is 0 Å². The molecular formula is C8H8BrNO3. The quantitative estimate of drug-likeness (QED) is 0.824. The van der Waals surface area contributed by atoms with Crippen molar-refractivity contribution < 1.29 is 13.9 Å². The molecule has 4 nitrogen and oxygen atoms in total. The van der Waals surface area contributed by atoms with Crippen molar-refractivity contribution in [3.63, 3.8) is 0 Å². The fourth-order valence-corrected chi connectivity index (χ4v) is 1.56. The highest BCUT2D eigenvalue weighted by atomic mass is 79.9. The highest BCUT2D eigenvalue weighted by Crippen LogP contribution is 2.28. The van der Waals surface area contributed by atoms with Crippen LogP contribution in [0.2, 0.25) is 0 Å². The molecule has 0 bridgehead atoms. The van der Waals surface area contributed by atoms with Gasteiger partial charge in [0, 0.05) is 0 Å². The third-order valence-electron chi connectivity index (χ3n) is 1.99. The molecule has 2 heterocycles. The van der Waals surface area contributed by atoms with E-state index in [0.717, 1.165) is 0 Å². The van der Waals surface area contributed by atoms with E-state index < -0.39 is 11.6 Å². The summed E-state index contributed by atoms with van der Waals surface area (Å²) in [7, 11) is 0. The second kappa shape index (κ2) is 2.77. The normalized spacial score (nSPS) is 27.1. The fraction of sp³-hybridized carbons (Fsp3) is 0.375. The van der Waals surface area contributed by atoms with E-state index in [2.05, 4.69) is 21.2 Å². The Bertz CT molecular complexity index is 349. The average molecular weight is 246 g/mol. The number of nitrogens with one attached hydrogen (secondary N) is 1. The van der Waals surface area contributed by atoms with Crippen molar-refractivity contribution in [3.8, 4) is 0 Å². The van der Waals surface area contributed by atoms with Crippen LogP contribution in [0.25, 0.3) is 0 Å². The molecule has 0 saturated carbocycles. The van der Waals surface area contributed by atoms with Crippen molar-refractivity contribution in [3.05, 3.63) is 22.6 Å². The number of furan rings is 1. The lowest BCUT2D eigenvalue weighted by molar-refractivity contribution is 0.171. The largest absolute Gasteiger partial charge is 0.452 e. The molecule has 2 rings (SSSR count).